The van der Waals surface area contributed by atoms with Gasteiger partial charge in [0, 0.05) is 36.3 Å². The number of rotatable bonds is 7. The van der Waals surface area contributed by atoms with E-state index in [-0.39, 0.29) is 18.2 Å². The lowest BCUT2D eigenvalue weighted by Gasteiger charge is -2.57. The number of imide groups is 1. The van der Waals surface area contributed by atoms with Gasteiger partial charge in [-0.05, 0) is 87.4 Å². The summed E-state index contributed by atoms with van der Waals surface area (Å²) in [5, 5.41) is 9.12. The molecule has 0 aromatic heterocycles. The Hall–Kier alpha value is -2.41. The summed E-state index contributed by atoms with van der Waals surface area (Å²) in [6, 6.07) is 6.79. The number of hydrogen-bond acceptors (Lipinski definition) is 4. The number of carbonyl (C=O) groups excluding carboxylic acids is 3. The maximum atomic E-state index is 12.5. The summed E-state index contributed by atoms with van der Waals surface area (Å²) in [6.45, 7) is 1.24. The molecular formula is C24H32N4O3. The van der Waals surface area contributed by atoms with E-state index in [9.17, 15) is 14.4 Å². The van der Waals surface area contributed by atoms with E-state index in [1.807, 2.05) is 12.1 Å². The molecule has 0 unspecified atom stereocenters. The first kappa shape index (κ1) is 20.5. The molecule has 0 spiro atoms. The number of amides is 4. The summed E-state index contributed by atoms with van der Waals surface area (Å²) in [5.41, 5.74) is 1.68. The molecule has 4 aliphatic carbocycles. The highest BCUT2D eigenvalue weighted by Crippen LogP contribution is 2.55. The molecule has 5 fully saturated rings. The van der Waals surface area contributed by atoms with Crippen LogP contribution in [0.15, 0.2) is 24.3 Å². The summed E-state index contributed by atoms with van der Waals surface area (Å²) < 4.78 is 0. The van der Waals surface area contributed by atoms with Crippen LogP contribution in [0.5, 0.6) is 0 Å². The fourth-order valence-corrected chi connectivity index (χ4v) is 6.72. The minimum absolute atomic E-state index is 0.0114. The van der Waals surface area contributed by atoms with Gasteiger partial charge in [0.25, 0.3) is 0 Å². The largest absolute Gasteiger partial charge is 0.328 e. The Morgan fingerprint density at radius 3 is 2.48 bits per heavy atom. The minimum Gasteiger partial charge on any atom is -0.326 e. The van der Waals surface area contributed by atoms with Gasteiger partial charge in [0.15, 0.2) is 0 Å². The van der Waals surface area contributed by atoms with Crippen LogP contribution in [0.2, 0.25) is 0 Å². The fraction of sp³-hybridized carbons (Fsp3) is 0.625. The Morgan fingerprint density at radius 2 is 1.81 bits per heavy atom. The first-order valence-electron chi connectivity index (χ1n) is 11.7. The van der Waals surface area contributed by atoms with Crippen molar-refractivity contribution in [2.75, 3.05) is 23.3 Å². The van der Waals surface area contributed by atoms with Gasteiger partial charge in [-0.3, -0.25) is 19.8 Å². The lowest BCUT2D eigenvalue weighted by Crippen LogP contribution is -2.58. The second kappa shape index (κ2) is 8.26. The van der Waals surface area contributed by atoms with Crippen LogP contribution in [0.4, 0.5) is 16.2 Å². The third-order valence-corrected chi connectivity index (χ3v) is 7.61. The van der Waals surface area contributed by atoms with Crippen LogP contribution >= 0.6 is 0 Å². The molecule has 4 bridgehead atoms. The SMILES string of the molecule is O=C1CCN(c2cccc(NC(=O)CCCNC34CC5CC(CC(C5)C3)C4)c2)C(=O)N1. The lowest BCUT2D eigenvalue weighted by molar-refractivity contribution is -0.120. The van der Waals surface area contributed by atoms with Crippen LogP contribution < -0.4 is 20.9 Å². The van der Waals surface area contributed by atoms with E-state index in [0.29, 0.717) is 29.9 Å². The van der Waals surface area contributed by atoms with Gasteiger partial charge in [-0.15, -0.1) is 0 Å². The number of carbonyl (C=O) groups is 3. The molecule has 31 heavy (non-hydrogen) atoms. The summed E-state index contributed by atoms with van der Waals surface area (Å²) >= 11 is 0. The third-order valence-electron chi connectivity index (χ3n) is 7.61. The Bertz CT molecular complexity index is 848. The van der Waals surface area contributed by atoms with Crippen LogP contribution in [0, 0.1) is 17.8 Å². The number of nitrogens with one attached hydrogen (secondary N) is 3. The molecule has 166 valence electrons. The first-order valence-corrected chi connectivity index (χ1v) is 11.7. The van der Waals surface area contributed by atoms with Crippen molar-refractivity contribution in [2.24, 2.45) is 17.8 Å². The van der Waals surface area contributed by atoms with Crippen LogP contribution in [-0.4, -0.2) is 36.5 Å². The van der Waals surface area contributed by atoms with Crippen LogP contribution in [-0.2, 0) is 9.59 Å². The summed E-state index contributed by atoms with van der Waals surface area (Å²) in [4.78, 5) is 37.4. The van der Waals surface area contributed by atoms with Crippen molar-refractivity contribution < 1.29 is 14.4 Å². The zero-order valence-corrected chi connectivity index (χ0v) is 18.0. The topological polar surface area (TPSA) is 90.5 Å². The van der Waals surface area contributed by atoms with E-state index < -0.39 is 6.03 Å². The molecular weight excluding hydrogens is 392 g/mol. The zero-order valence-electron chi connectivity index (χ0n) is 18.0. The molecule has 1 heterocycles. The predicted molar refractivity (Wildman–Crippen MR) is 119 cm³/mol. The maximum Gasteiger partial charge on any atom is 0.328 e. The van der Waals surface area contributed by atoms with Crippen molar-refractivity contribution in [1.82, 2.24) is 10.6 Å². The second-order valence-corrected chi connectivity index (χ2v) is 10.1. The normalized spacial score (nSPS) is 31.6. The van der Waals surface area contributed by atoms with Gasteiger partial charge in [-0.25, -0.2) is 4.79 Å². The smallest absolute Gasteiger partial charge is 0.326 e. The maximum absolute atomic E-state index is 12.5. The van der Waals surface area contributed by atoms with E-state index in [1.54, 1.807) is 12.1 Å². The molecule has 3 N–H and O–H groups in total. The molecule has 7 nitrogen and oxygen atoms in total. The quantitative estimate of drug-likeness (QED) is 0.585. The molecule has 0 atom stereocenters. The van der Waals surface area contributed by atoms with Crippen molar-refractivity contribution in [3.8, 4) is 0 Å². The van der Waals surface area contributed by atoms with Gasteiger partial charge in [-0.2, -0.15) is 0 Å². The lowest BCUT2D eigenvalue weighted by atomic mass is 9.53. The van der Waals surface area contributed by atoms with Gasteiger partial charge < -0.3 is 10.6 Å². The van der Waals surface area contributed by atoms with Crippen molar-refractivity contribution >= 4 is 29.2 Å². The molecule has 4 saturated carbocycles. The predicted octanol–water partition coefficient (Wildman–Crippen LogP) is 3.41. The van der Waals surface area contributed by atoms with E-state index in [1.165, 1.54) is 43.4 Å². The van der Waals surface area contributed by atoms with E-state index in [2.05, 4.69) is 16.0 Å². The minimum atomic E-state index is -0.421. The van der Waals surface area contributed by atoms with Gasteiger partial charge in [0.1, 0.15) is 0 Å². The van der Waals surface area contributed by atoms with Crippen LogP contribution in [0.25, 0.3) is 0 Å². The number of hydrogen-bond donors (Lipinski definition) is 3. The number of urea groups is 1. The Labute approximate surface area is 183 Å². The number of benzene rings is 1. The molecule has 7 heteroatoms. The summed E-state index contributed by atoms with van der Waals surface area (Å²) in [6.07, 6.45) is 9.88. The number of nitrogens with zero attached hydrogens (tertiary/aromatic N) is 1. The van der Waals surface area contributed by atoms with E-state index in [0.717, 1.165) is 30.7 Å². The highest BCUT2D eigenvalue weighted by Gasteiger charge is 2.50. The molecule has 6 rings (SSSR count). The van der Waals surface area contributed by atoms with Gasteiger partial charge in [0.2, 0.25) is 11.8 Å². The molecule has 1 aromatic carbocycles. The van der Waals surface area contributed by atoms with Gasteiger partial charge >= 0.3 is 6.03 Å². The van der Waals surface area contributed by atoms with Crippen molar-refractivity contribution in [3.05, 3.63) is 24.3 Å². The van der Waals surface area contributed by atoms with Crippen molar-refractivity contribution in [2.45, 2.75) is 63.3 Å². The zero-order chi connectivity index (χ0) is 21.4. The Balaban J connectivity index is 1.09. The summed E-state index contributed by atoms with van der Waals surface area (Å²) in [7, 11) is 0. The summed E-state index contributed by atoms with van der Waals surface area (Å²) in [5.74, 6) is 2.51. The molecule has 0 radical (unpaired) electrons. The monoisotopic (exact) mass is 424 g/mol. The van der Waals surface area contributed by atoms with E-state index in [4.69, 9.17) is 0 Å². The van der Waals surface area contributed by atoms with Crippen molar-refractivity contribution in [1.29, 1.82) is 0 Å². The molecule has 1 aromatic rings. The van der Waals surface area contributed by atoms with E-state index >= 15 is 0 Å². The molecule has 4 amide bonds. The second-order valence-electron chi connectivity index (χ2n) is 10.1. The fourth-order valence-electron chi connectivity index (χ4n) is 6.72. The molecule has 1 saturated heterocycles. The first-order chi connectivity index (χ1) is 15.0. The Morgan fingerprint density at radius 1 is 1.10 bits per heavy atom. The average molecular weight is 425 g/mol. The number of anilines is 2. The highest BCUT2D eigenvalue weighted by atomic mass is 16.2. The van der Waals surface area contributed by atoms with Crippen molar-refractivity contribution in [3.63, 3.8) is 0 Å². The molecule has 1 aliphatic heterocycles. The Kier molecular flexibility index (Phi) is 5.46. The van der Waals surface area contributed by atoms with Crippen LogP contribution in [0.1, 0.15) is 57.8 Å². The molecule has 5 aliphatic rings. The third kappa shape index (κ3) is 4.47. The highest BCUT2D eigenvalue weighted by molar-refractivity contribution is 6.05. The van der Waals surface area contributed by atoms with Crippen LogP contribution in [0.3, 0.4) is 0 Å². The van der Waals surface area contributed by atoms with Gasteiger partial charge in [0.05, 0.1) is 0 Å². The average Bonchev–Trinajstić information content (AvgIpc) is 2.70. The standard InChI is InChI=1S/C24H32N4O3/c29-21(5-2-7-25-24-13-16-9-17(14-24)11-18(10-16)15-24)26-19-3-1-4-20(12-19)28-8-6-22(30)27-23(28)31/h1,3-4,12,16-18,25H,2,5-11,13-15H2,(H,26,29)(H,27,30,31). The van der Waals surface area contributed by atoms with Gasteiger partial charge in [-0.1, -0.05) is 6.07 Å².